The molecule has 0 saturated carbocycles. The highest BCUT2D eigenvalue weighted by Gasteiger charge is 2.09. The van der Waals surface area contributed by atoms with Gasteiger partial charge in [0.1, 0.15) is 5.76 Å². The van der Waals surface area contributed by atoms with E-state index in [1.54, 1.807) is 30.4 Å². The maximum absolute atomic E-state index is 11.7. The van der Waals surface area contributed by atoms with Crippen LogP contribution in [0.2, 0.25) is 0 Å². The van der Waals surface area contributed by atoms with Crippen LogP contribution in [0, 0.1) is 13.8 Å². The number of nitrogens with one attached hydrogen (secondary N) is 1. The lowest BCUT2D eigenvalue weighted by atomic mass is 10.3. The molecule has 18 heavy (non-hydrogen) atoms. The van der Waals surface area contributed by atoms with Crippen molar-refractivity contribution in [1.82, 2.24) is 5.43 Å². The van der Waals surface area contributed by atoms with E-state index in [4.69, 9.17) is 4.42 Å². The largest absolute Gasteiger partial charge is 0.456 e. The molecule has 0 aromatic carbocycles. The summed E-state index contributed by atoms with van der Waals surface area (Å²) in [6.07, 6.45) is 0. The average Bonchev–Trinajstić information content (AvgIpc) is 2.94. The number of thiophene rings is 1. The van der Waals surface area contributed by atoms with Crippen LogP contribution in [-0.2, 0) is 0 Å². The summed E-state index contributed by atoms with van der Waals surface area (Å²) in [7, 11) is 0. The fourth-order valence-corrected chi connectivity index (χ4v) is 2.24. The van der Waals surface area contributed by atoms with Gasteiger partial charge in [-0.25, -0.2) is 5.43 Å². The average molecular weight is 262 g/mol. The van der Waals surface area contributed by atoms with Crippen molar-refractivity contribution in [3.05, 3.63) is 45.5 Å². The molecule has 0 saturated heterocycles. The maximum Gasteiger partial charge on any atom is 0.307 e. The molecule has 2 aromatic heterocycles. The van der Waals surface area contributed by atoms with Gasteiger partial charge in [-0.05, 0) is 45.0 Å². The van der Waals surface area contributed by atoms with E-state index in [1.165, 1.54) is 4.88 Å². The Morgan fingerprint density at radius 3 is 2.61 bits per heavy atom. The van der Waals surface area contributed by atoms with E-state index < -0.39 is 0 Å². The first-order valence-corrected chi connectivity index (χ1v) is 6.36. The SMILES string of the molecule is CC(=NNC(=O)c1ccc(C)o1)c1ccc(C)s1. The molecule has 1 amide bonds. The van der Waals surface area contributed by atoms with Crippen LogP contribution < -0.4 is 5.43 Å². The lowest BCUT2D eigenvalue weighted by Gasteiger charge is -1.98. The normalized spacial score (nSPS) is 11.6. The molecule has 0 fully saturated rings. The number of furan rings is 1. The number of hydrazone groups is 1. The second-order valence-electron chi connectivity index (χ2n) is 3.96. The minimum Gasteiger partial charge on any atom is -0.456 e. The van der Waals surface area contributed by atoms with E-state index in [1.807, 2.05) is 26.0 Å². The van der Waals surface area contributed by atoms with Gasteiger partial charge >= 0.3 is 5.91 Å². The molecule has 0 unspecified atom stereocenters. The molecule has 2 rings (SSSR count). The van der Waals surface area contributed by atoms with Crippen LogP contribution in [0.5, 0.6) is 0 Å². The molecule has 0 spiro atoms. The maximum atomic E-state index is 11.7. The van der Waals surface area contributed by atoms with Gasteiger partial charge in [0.2, 0.25) is 0 Å². The zero-order valence-corrected chi connectivity index (χ0v) is 11.3. The van der Waals surface area contributed by atoms with Crippen molar-refractivity contribution in [2.75, 3.05) is 0 Å². The second-order valence-corrected chi connectivity index (χ2v) is 5.25. The standard InChI is InChI=1S/C13H14N2O2S/c1-8-4-6-11(17-8)13(16)15-14-10(3)12-7-5-9(2)18-12/h4-7H,1-3H3,(H,15,16). The van der Waals surface area contributed by atoms with Gasteiger partial charge in [0.15, 0.2) is 5.76 Å². The van der Waals surface area contributed by atoms with Gasteiger partial charge in [-0.1, -0.05) is 0 Å². The molecule has 0 aliphatic rings. The van der Waals surface area contributed by atoms with Gasteiger partial charge in [-0.2, -0.15) is 5.10 Å². The van der Waals surface area contributed by atoms with Crippen LogP contribution in [0.15, 0.2) is 33.8 Å². The van der Waals surface area contributed by atoms with Crippen molar-refractivity contribution < 1.29 is 9.21 Å². The molecular formula is C13H14N2O2S. The molecule has 1 N–H and O–H groups in total. The van der Waals surface area contributed by atoms with Gasteiger partial charge in [-0.3, -0.25) is 4.79 Å². The first kappa shape index (κ1) is 12.6. The Kier molecular flexibility index (Phi) is 3.62. The molecule has 0 radical (unpaired) electrons. The van der Waals surface area contributed by atoms with Crippen LogP contribution in [-0.4, -0.2) is 11.6 Å². The van der Waals surface area contributed by atoms with Crippen LogP contribution in [0.1, 0.15) is 33.0 Å². The summed E-state index contributed by atoms with van der Waals surface area (Å²) in [5.74, 6) is 0.636. The van der Waals surface area contributed by atoms with Gasteiger partial charge in [0, 0.05) is 4.88 Å². The Labute approximate surface area is 109 Å². The van der Waals surface area contributed by atoms with Gasteiger partial charge in [0.25, 0.3) is 0 Å². The van der Waals surface area contributed by atoms with Gasteiger partial charge < -0.3 is 4.42 Å². The third-order valence-electron chi connectivity index (χ3n) is 2.39. The van der Waals surface area contributed by atoms with Crippen molar-refractivity contribution in [3.8, 4) is 0 Å². The number of carbonyl (C=O) groups excluding carboxylic acids is 1. The van der Waals surface area contributed by atoms with Crippen LogP contribution >= 0.6 is 11.3 Å². The summed E-state index contributed by atoms with van der Waals surface area (Å²) in [6.45, 7) is 5.68. The molecule has 4 nitrogen and oxygen atoms in total. The van der Waals surface area contributed by atoms with E-state index >= 15 is 0 Å². The number of hydrogen-bond acceptors (Lipinski definition) is 4. The fraction of sp³-hybridized carbons (Fsp3) is 0.231. The summed E-state index contributed by atoms with van der Waals surface area (Å²) in [5.41, 5.74) is 3.26. The van der Waals surface area contributed by atoms with Crippen LogP contribution in [0.25, 0.3) is 0 Å². The van der Waals surface area contributed by atoms with Crippen molar-refractivity contribution in [1.29, 1.82) is 0 Å². The molecule has 2 heterocycles. The highest BCUT2D eigenvalue weighted by molar-refractivity contribution is 7.14. The first-order valence-electron chi connectivity index (χ1n) is 5.54. The molecule has 5 heteroatoms. The molecule has 0 atom stereocenters. The number of amides is 1. The van der Waals surface area contributed by atoms with Crippen LogP contribution in [0.3, 0.4) is 0 Å². The minimum atomic E-state index is -0.337. The van der Waals surface area contributed by atoms with E-state index in [9.17, 15) is 4.79 Å². The Hall–Kier alpha value is -1.88. The number of aryl methyl sites for hydroxylation is 2. The summed E-state index contributed by atoms with van der Waals surface area (Å²) < 4.78 is 5.21. The Morgan fingerprint density at radius 1 is 1.28 bits per heavy atom. The predicted molar refractivity (Wildman–Crippen MR) is 72.2 cm³/mol. The third-order valence-corrected chi connectivity index (χ3v) is 3.50. The van der Waals surface area contributed by atoms with Gasteiger partial charge in [-0.15, -0.1) is 11.3 Å². The van der Waals surface area contributed by atoms with Crippen LogP contribution in [0.4, 0.5) is 0 Å². The van der Waals surface area contributed by atoms with Gasteiger partial charge in [0.05, 0.1) is 10.6 Å². The molecule has 0 aliphatic heterocycles. The molecular weight excluding hydrogens is 248 g/mol. The van der Waals surface area contributed by atoms with Crippen molar-refractivity contribution in [2.45, 2.75) is 20.8 Å². The summed E-state index contributed by atoms with van der Waals surface area (Å²) >= 11 is 1.64. The van der Waals surface area contributed by atoms with Crippen molar-refractivity contribution in [2.24, 2.45) is 5.10 Å². The van der Waals surface area contributed by atoms with E-state index in [0.29, 0.717) is 5.76 Å². The van der Waals surface area contributed by atoms with E-state index in [0.717, 1.165) is 10.6 Å². The Bertz CT molecular complexity index is 596. The summed E-state index contributed by atoms with van der Waals surface area (Å²) in [6, 6.07) is 7.39. The minimum absolute atomic E-state index is 0.270. The smallest absolute Gasteiger partial charge is 0.307 e. The molecule has 0 bridgehead atoms. The molecule has 0 aliphatic carbocycles. The Balaban J connectivity index is 2.04. The second kappa shape index (κ2) is 5.18. The lowest BCUT2D eigenvalue weighted by Crippen LogP contribution is -2.18. The van der Waals surface area contributed by atoms with Crippen molar-refractivity contribution in [3.63, 3.8) is 0 Å². The summed E-state index contributed by atoms with van der Waals surface area (Å²) in [4.78, 5) is 14.0. The quantitative estimate of drug-likeness (QED) is 0.682. The highest BCUT2D eigenvalue weighted by atomic mass is 32.1. The third kappa shape index (κ3) is 2.87. The molecule has 2 aromatic rings. The lowest BCUT2D eigenvalue weighted by molar-refractivity contribution is 0.0926. The predicted octanol–water partition coefficient (Wildman–Crippen LogP) is 3.11. The van der Waals surface area contributed by atoms with Crippen molar-refractivity contribution >= 4 is 23.0 Å². The zero-order chi connectivity index (χ0) is 13.1. The van der Waals surface area contributed by atoms with E-state index in [2.05, 4.69) is 10.5 Å². The number of rotatable bonds is 3. The topological polar surface area (TPSA) is 54.6 Å². The Morgan fingerprint density at radius 2 is 2.06 bits per heavy atom. The number of carbonyl (C=O) groups is 1. The molecule has 94 valence electrons. The van der Waals surface area contributed by atoms with E-state index in [-0.39, 0.29) is 11.7 Å². The monoisotopic (exact) mass is 262 g/mol. The zero-order valence-electron chi connectivity index (χ0n) is 10.5. The summed E-state index contributed by atoms with van der Waals surface area (Å²) in [5, 5.41) is 4.06. The first-order chi connectivity index (χ1) is 8.56. The fourth-order valence-electron chi connectivity index (χ4n) is 1.43. The highest BCUT2D eigenvalue weighted by Crippen LogP contribution is 2.15. The number of nitrogens with zero attached hydrogens (tertiary/aromatic N) is 1. The number of hydrogen-bond donors (Lipinski definition) is 1.